The van der Waals surface area contributed by atoms with Crippen molar-refractivity contribution in [2.45, 2.75) is 27.7 Å². The zero-order chi connectivity index (χ0) is 31.6. The van der Waals surface area contributed by atoms with Gasteiger partial charge in [0.25, 0.3) is 0 Å². The molecule has 0 amide bonds. The van der Waals surface area contributed by atoms with Crippen LogP contribution in [0.4, 0.5) is 22.7 Å². The van der Waals surface area contributed by atoms with Gasteiger partial charge in [-0.1, -0.05) is 24.3 Å². The van der Waals surface area contributed by atoms with E-state index in [1.807, 2.05) is 24.8 Å². The average Bonchev–Trinajstić information content (AvgIpc) is 3.07. The predicted octanol–water partition coefficient (Wildman–Crippen LogP) is 8.74. The molecular formula is C40H36N6+2. The van der Waals surface area contributed by atoms with E-state index in [0.29, 0.717) is 0 Å². The monoisotopic (exact) mass is 600 g/mol. The third kappa shape index (κ3) is 5.69. The average molecular weight is 601 g/mol. The number of para-hydroxylation sites is 2. The smallest absolute Gasteiger partial charge is 0.245 e. The number of benzene rings is 4. The molecule has 0 bridgehead atoms. The number of nitrogens with zero attached hydrogens (tertiary/aromatic N) is 4. The molecule has 224 valence electrons. The lowest BCUT2D eigenvalue weighted by Gasteiger charge is -2.12. The number of aliphatic imine (C=N–C) groups is 2. The van der Waals surface area contributed by atoms with Crippen LogP contribution < -0.4 is 19.8 Å². The maximum absolute atomic E-state index is 5.09. The number of hydrogen-bond acceptors (Lipinski definition) is 4. The summed E-state index contributed by atoms with van der Waals surface area (Å²) in [5, 5.41) is 9.49. The first-order chi connectivity index (χ1) is 22.4. The van der Waals surface area contributed by atoms with Gasteiger partial charge in [-0.05, 0) is 98.5 Å². The number of hydrogen-bond donors (Lipinski definition) is 2. The number of pyridine rings is 2. The van der Waals surface area contributed by atoms with Crippen molar-refractivity contribution in [2.75, 3.05) is 10.6 Å². The molecule has 2 N–H and O–H groups in total. The van der Waals surface area contributed by atoms with Crippen LogP contribution in [0.5, 0.6) is 0 Å². The van der Waals surface area contributed by atoms with Crippen LogP contribution in [0.25, 0.3) is 33.2 Å². The number of nitrogens with one attached hydrogen (secondary N) is 2. The molecule has 0 aliphatic carbocycles. The molecule has 0 atom stereocenters. The van der Waals surface area contributed by atoms with Crippen molar-refractivity contribution >= 4 is 68.4 Å². The van der Waals surface area contributed by atoms with E-state index >= 15 is 0 Å². The van der Waals surface area contributed by atoms with Crippen LogP contribution in [0.15, 0.2) is 132 Å². The van der Waals surface area contributed by atoms with E-state index in [0.717, 1.165) is 55.9 Å². The molecule has 7 rings (SSSR count). The van der Waals surface area contributed by atoms with Crippen LogP contribution in [0.3, 0.4) is 0 Å². The zero-order valence-electron chi connectivity index (χ0n) is 26.5. The summed E-state index contributed by atoms with van der Waals surface area (Å²) >= 11 is 0. The van der Waals surface area contributed by atoms with Gasteiger partial charge in [0.1, 0.15) is 12.4 Å². The first-order valence-corrected chi connectivity index (χ1v) is 15.5. The van der Waals surface area contributed by atoms with Gasteiger partial charge in [0.05, 0.1) is 35.1 Å². The van der Waals surface area contributed by atoms with E-state index in [-0.39, 0.29) is 0 Å². The van der Waals surface area contributed by atoms with Crippen LogP contribution in [-0.2, 0) is 0 Å². The fourth-order valence-corrected chi connectivity index (χ4v) is 5.73. The van der Waals surface area contributed by atoms with Crippen LogP contribution in [0, 0.1) is 27.7 Å². The Kier molecular flexibility index (Phi) is 7.69. The summed E-state index contributed by atoms with van der Waals surface area (Å²) in [7, 11) is 0. The summed E-state index contributed by atoms with van der Waals surface area (Å²) in [5.41, 5.74) is 12.2. The van der Waals surface area contributed by atoms with Gasteiger partial charge in [-0.15, -0.1) is 0 Å². The van der Waals surface area contributed by atoms with Gasteiger partial charge in [0, 0.05) is 35.0 Å². The molecule has 1 aliphatic heterocycles. The Hall–Kier alpha value is -5.88. The largest absolute Gasteiger partial charge is 0.354 e. The lowest BCUT2D eigenvalue weighted by molar-refractivity contribution is -0.546. The third-order valence-electron chi connectivity index (χ3n) is 8.62. The SMILES string of the molecule is Cc1cc2c(cc1C)N/C=C(/[n+]1cccc3ccccc31)C=Nc1cc(C)c(C)cc1N/C=C(/[n+]1cccc3ccccc31)C=N2. The molecule has 6 nitrogen and oxygen atoms in total. The Bertz CT molecular complexity index is 2090. The molecular weight excluding hydrogens is 564 g/mol. The maximum atomic E-state index is 5.09. The minimum absolute atomic E-state index is 0.842. The Morgan fingerprint density at radius 2 is 0.870 bits per heavy atom. The highest BCUT2D eigenvalue weighted by molar-refractivity contribution is 6.03. The topological polar surface area (TPSA) is 56.5 Å². The highest BCUT2D eigenvalue weighted by atomic mass is 15.0. The molecule has 3 heterocycles. The minimum atomic E-state index is 0.842. The summed E-state index contributed by atoms with van der Waals surface area (Å²) in [6.45, 7) is 8.49. The summed E-state index contributed by atoms with van der Waals surface area (Å²) in [6.07, 6.45) is 12.0. The van der Waals surface area contributed by atoms with Crippen molar-refractivity contribution in [2.24, 2.45) is 9.98 Å². The van der Waals surface area contributed by atoms with Crippen molar-refractivity contribution < 1.29 is 9.13 Å². The second kappa shape index (κ2) is 12.3. The number of fused-ring (bicyclic) bond motifs is 4. The van der Waals surface area contributed by atoms with Crippen LogP contribution in [-0.4, -0.2) is 12.4 Å². The van der Waals surface area contributed by atoms with E-state index in [4.69, 9.17) is 9.98 Å². The second-order valence-electron chi connectivity index (χ2n) is 11.7. The van der Waals surface area contributed by atoms with Crippen molar-refractivity contribution in [1.82, 2.24) is 0 Å². The van der Waals surface area contributed by atoms with Gasteiger partial charge < -0.3 is 10.6 Å². The van der Waals surface area contributed by atoms with Crippen molar-refractivity contribution in [3.05, 3.63) is 144 Å². The Morgan fingerprint density at radius 1 is 0.478 bits per heavy atom. The lowest BCUT2D eigenvalue weighted by atomic mass is 10.1. The lowest BCUT2D eigenvalue weighted by Crippen LogP contribution is -2.34. The summed E-state index contributed by atoms with van der Waals surface area (Å²) in [6, 6.07) is 33.7. The van der Waals surface area contributed by atoms with Crippen molar-refractivity contribution in [1.29, 1.82) is 0 Å². The van der Waals surface area contributed by atoms with Crippen molar-refractivity contribution in [3.8, 4) is 0 Å². The minimum Gasteiger partial charge on any atom is -0.354 e. The van der Waals surface area contributed by atoms with Gasteiger partial charge in [-0.25, -0.2) is 9.98 Å². The Labute approximate surface area is 269 Å². The molecule has 46 heavy (non-hydrogen) atoms. The van der Waals surface area contributed by atoms with E-state index < -0.39 is 0 Å². The molecule has 6 aromatic rings. The maximum Gasteiger partial charge on any atom is 0.245 e. The zero-order valence-corrected chi connectivity index (χ0v) is 26.5. The molecule has 0 saturated heterocycles. The number of rotatable bonds is 2. The van der Waals surface area contributed by atoms with Crippen molar-refractivity contribution in [3.63, 3.8) is 0 Å². The van der Waals surface area contributed by atoms with E-state index in [2.05, 4.69) is 157 Å². The molecule has 0 spiro atoms. The molecule has 1 aliphatic rings. The highest BCUT2D eigenvalue weighted by Crippen LogP contribution is 2.31. The van der Waals surface area contributed by atoms with E-state index in [9.17, 15) is 0 Å². The number of anilines is 2. The first kappa shape index (κ1) is 28.9. The Balaban J connectivity index is 1.45. The predicted molar refractivity (Wildman–Crippen MR) is 192 cm³/mol. The second-order valence-corrected chi connectivity index (χ2v) is 11.7. The summed E-state index contributed by atoms with van der Waals surface area (Å²) in [4.78, 5) is 10.2. The quantitative estimate of drug-likeness (QED) is 0.195. The fourth-order valence-electron chi connectivity index (χ4n) is 5.73. The highest BCUT2D eigenvalue weighted by Gasteiger charge is 2.17. The number of aryl methyl sites for hydroxylation is 4. The molecule has 0 saturated carbocycles. The molecule has 6 heteroatoms. The van der Waals surface area contributed by atoms with Gasteiger partial charge in [-0.3, -0.25) is 0 Å². The third-order valence-corrected chi connectivity index (χ3v) is 8.62. The number of allylic oxidation sites excluding steroid dienone is 2. The van der Waals surface area contributed by atoms with Crippen LogP contribution >= 0.6 is 0 Å². The summed E-state index contributed by atoms with van der Waals surface area (Å²) in [5.74, 6) is 0. The van der Waals surface area contributed by atoms with Gasteiger partial charge >= 0.3 is 0 Å². The normalized spacial score (nSPS) is 15.5. The van der Waals surface area contributed by atoms with Gasteiger partial charge in [0.2, 0.25) is 22.4 Å². The molecule has 4 aromatic carbocycles. The molecule has 0 radical (unpaired) electrons. The molecule has 0 unspecified atom stereocenters. The van der Waals surface area contributed by atoms with Gasteiger partial charge in [-0.2, -0.15) is 9.13 Å². The standard InChI is InChI=1S/C40H36N6/c1-27-19-35-36(20-28(27)2)42-24-34(46-18-10-14-32-12-6-8-16-40(32)46)26-44-38-22-30(4)29(3)21-37(38)43-25-33(23-41-35)45-17-9-13-31-11-5-7-15-39(31)45/h5-26,41,44H,1-4H3/q+2/b33-23+,34-26+,42-24?,43-25?. The van der Waals surface area contributed by atoms with Crippen LogP contribution in [0.1, 0.15) is 22.3 Å². The van der Waals surface area contributed by atoms with E-state index in [1.54, 1.807) is 0 Å². The molecule has 0 fully saturated rings. The van der Waals surface area contributed by atoms with E-state index in [1.165, 1.54) is 22.3 Å². The molecule has 2 aromatic heterocycles. The Morgan fingerprint density at radius 3 is 1.33 bits per heavy atom. The first-order valence-electron chi connectivity index (χ1n) is 15.5. The van der Waals surface area contributed by atoms with Gasteiger partial charge in [0.15, 0.2) is 12.4 Å². The summed E-state index contributed by atoms with van der Waals surface area (Å²) < 4.78 is 4.32. The fraction of sp³-hybridized carbons (Fsp3) is 0.100. The number of aromatic nitrogens is 2. The van der Waals surface area contributed by atoms with Crippen LogP contribution in [0.2, 0.25) is 0 Å².